The van der Waals surface area contributed by atoms with E-state index in [9.17, 15) is 4.79 Å². The van der Waals surface area contributed by atoms with Crippen LogP contribution in [-0.4, -0.2) is 24.7 Å². The second-order valence-corrected chi connectivity index (χ2v) is 4.95. The highest BCUT2D eigenvalue weighted by Gasteiger charge is 2.26. The fourth-order valence-electron chi connectivity index (χ4n) is 1.89. The average molecular weight is 299 g/mol. The first-order valence-corrected chi connectivity index (χ1v) is 6.35. The zero-order chi connectivity index (χ0) is 12.4. The number of ether oxygens (including phenoxy) is 1. The van der Waals surface area contributed by atoms with E-state index in [4.69, 9.17) is 10.5 Å². The van der Waals surface area contributed by atoms with Crippen molar-refractivity contribution in [2.45, 2.75) is 25.5 Å². The van der Waals surface area contributed by atoms with Gasteiger partial charge in [0.25, 0.3) is 5.91 Å². The Balaban J connectivity index is 2.12. The van der Waals surface area contributed by atoms with Crippen molar-refractivity contribution in [1.29, 1.82) is 0 Å². The third kappa shape index (κ3) is 2.61. The van der Waals surface area contributed by atoms with Crippen molar-refractivity contribution < 1.29 is 9.53 Å². The fourth-order valence-corrected chi connectivity index (χ4v) is 2.34. The maximum atomic E-state index is 12.1. The zero-order valence-corrected chi connectivity index (χ0v) is 11.2. The van der Waals surface area contributed by atoms with E-state index in [2.05, 4.69) is 21.2 Å². The molecule has 1 aliphatic heterocycles. The number of carbonyl (C=O) groups excluding carboxylic acids is 1. The molecule has 1 aromatic carbocycles. The van der Waals surface area contributed by atoms with Crippen LogP contribution in [-0.2, 0) is 4.74 Å². The number of nitrogens with one attached hydrogen (secondary N) is 1. The molecule has 2 atom stereocenters. The van der Waals surface area contributed by atoms with Crippen LogP contribution in [0.2, 0.25) is 0 Å². The van der Waals surface area contributed by atoms with Gasteiger partial charge in [0.15, 0.2) is 0 Å². The van der Waals surface area contributed by atoms with Gasteiger partial charge in [-0.15, -0.1) is 0 Å². The summed E-state index contributed by atoms with van der Waals surface area (Å²) in [4.78, 5) is 12.1. The Kier molecular flexibility index (Phi) is 3.69. The summed E-state index contributed by atoms with van der Waals surface area (Å²) in [6.45, 7) is 2.66. The topological polar surface area (TPSA) is 64.3 Å². The van der Waals surface area contributed by atoms with E-state index in [1.807, 2.05) is 6.92 Å². The van der Waals surface area contributed by atoms with Crippen LogP contribution in [0.5, 0.6) is 0 Å². The SMILES string of the molecule is CC1OCCC1NC(=O)c1cccc(N)c1Br. The van der Waals surface area contributed by atoms with E-state index in [0.29, 0.717) is 22.3 Å². The van der Waals surface area contributed by atoms with Crippen molar-refractivity contribution >= 4 is 27.5 Å². The lowest BCUT2D eigenvalue weighted by molar-refractivity contribution is 0.0865. The number of halogens is 1. The van der Waals surface area contributed by atoms with Gasteiger partial charge >= 0.3 is 0 Å². The summed E-state index contributed by atoms with van der Waals surface area (Å²) in [7, 11) is 0. The maximum Gasteiger partial charge on any atom is 0.252 e. The summed E-state index contributed by atoms with van der Waals surface area (Å²) in [5.74, 6) is -0.119. The van der Waals surface area contributed by atoms with E-state index < -0.39 is 0 Å². The van der Waals surface area contributed by atoms with Crippen molar-refractivity contribution in [2.75, 3.05) is 12.3 Å². The van der Waals surface area contributed by atoms with Gasteiger partial charge in [-0.3, -0.25) is 4.79 Å². The molecule has 3 N–H and O–H groups in total. The number of rotatable bonds is 2. The molecule has 0 spiro atoms. The molecule has 1 fully saturated rings. The number of hydrogen-bond donors (Lipinski definition) is 2. The molecule has 17 heavy (non-hydrogen) atoms. The van der Waals surface area contributed by atoms with Crippen LogP contribution in [0.25, 0.3) is 0 Å². The Morgan fingerprint density at radius 2 is 2.35 bits per heavy atom. The van der Waals surface area contributed by atoms with Gasteiger partial charge in [-0.2, -0.15) is 0 Å². The number of nitrogen functional groups attached to an aromatic ring is 1. The number of hydrogen-bond acceptors (Lipinski definition) is 3. The normalized spacial score (nSPS) is 23.6. The van der Waals surface area contributed by atoms with E-state index in [-0.39, 0.29) is 18.1 Å². The van der Waals surface area contributed by atoms with Crippen LogP contribution < -0.4 is 11.1 Å². The van der Waals surface area contributed by atoms with Crippen molar-refractivity contribution in [3.05, 3.63) is 28.2 Å². The van der Waals surface area contributed by atoms with E-state index in [0.717, 1.165) is 6.42 Å². The molecule has 5 heteroatoms. The molecule has 1 aliphatic rings. The molecule has 1 amide bonds. The van der Waals surface area contributed by atoms with Crippen LogP contribution in [0.15, 0.2) is 22.7 Å². The van der Waals surface area contributed by atoms with Crippen LogP contribution in [0, 0.1) is 0 Å². The lowest BCUT2D eigenvalue weighted by atomic mass is 10.1. The molecular formula is C12H15BrN2O2. The van der Waals surface area contributed by atoms with Gasteiger partial charge in [0.1, 0.15) is 0 Å². The van der Waals surface area contributed by atoms with Crippen LogP contribution in [0.3, 0.4) is 0 Å². The summed E-state index contributed by atoms with van der Waals surface area (Å²) >= 11 is 3.33. The number of anilines is 1. The number of benzene rings is 1. The van der Waals surface area contributed by atoms with Gasteiger partial charge < -0.3 is 15.8 Å². The Morgan fingerprint density at radius 1 is 1.59 bits per heavy atom. The van der Waals surface area contributed by atoms with Gasteiger partial charge in [0.2, 0.25) is 0 Å². The minimum absolute atomic E-state index is 0.0683. The van der Waals surface area contributed by atoms with Gasteiger partial charge in [-0.1, -0.05) is 6.07 Å². The van der Waals surface area contributed by atoms with Gasteiger partial charge in [0.05, 0.1) is 22.2 Å². The van der Waals surface area contributed by atoms with E-state index >= 15 is 0 Å². The van der Waals surface area contributed by atoms with Crippen molar-refractivity contribution in [3.63, 3.8) is 0 Å². The van der Waals surface area contributed by atoms with Crippen LogP contribution >= 0.6 is 15.9 Å². The predicted molar refractivity (Wildman–Crippen MR) is 69.8 cm³/mol. The molecule has 0 bridgehead atoms. The largest absolute Gasteiger partial charge is 0.398 e. The number of amides is 1. The molecule has 2 rings (SSSR count). The highest BCUT2D eigenvalue weighted by Crippen LogP contribution is 2.24. The molecule has 0 aliphatic carbocycles. The average Bonchev–Trinajstić information content (AvgIpc) is 2.68. The Morgan fingerprint density at radius 3 is 3.00 bits per heavy atom. The van der Waals surface area contributed by atoms with E-state index in [1.54, 1.807) is 18.2 Å². The first kappa shape index (κ1) is 12.4. The molecule has 0 radical (unpaired) electrons. The highest BCUT2D eigenvalue weighted by molar-refractivity contribution is 9.10. The Bertz CT molecular complexity index is 437. The highest BCUT2D eigenvalue weighted by atomic mass is 79.9. The van der Waals surface area contributed by atoms with Crippen molar-refractivity contribution in [3.8, 4) is 0 Å². The van der Waals surface area contributed by atoms with Crippen molar-refractivity contribution in [2.24, 2.45) is 0 Å². The van der Waals surface area contributed by atoms with Crippen molar-refractivity contribution in [1.82, 2.24) is 5.32 Å². The second-order valence-electron chi connectivity index (χ2n) is 4.15. The second kappa shape index (κ2) is 5.06. The Hall–Kier alpha value is -1.07. The molecule has 2 unspecified atom stereocenters. The van der Waals surface area contributed by atoms with Crippen LogP contribution in [0.4, 0.5) is 5.69 Å². The molecule has 1 heterocycles. The monoisotopic (exact) mass is 298 g/mol. The smallest absolute Gasteiger partial charge is 0.252 e. The molecule has 92 valence electrons. The minimum atomic E-state index is -0.119. The summed E-state index contributed by atoms with van der Waals surface area (Å²) < 4.78 is 6.05. The van der Waals surface area contributed by atoms with E-state index in [1.165, 1.54) is 0 Å². The lowest BCUT2D eigenvalue weighted by Gasteiger charge is -2.16. The standard InChI is InChI=1S/C12H15BrN2O2/c1-7-10(5-6-17-7)15-12(16)8-3-2-4-9(14)11(8)13/h2-4,7,10H,5-6,14H2,1H3,(H,15,16). The summed E-state index contributed by atoms with van der Waals surface area (Å²) in [6.07, 6.45) is 0.922. The molecule has 0 saturated carbocycles. The molecule has 1 aromatic rings. The number of carbonyl (C=O) groups is 1. The molecule has 4 nitrogen and oxygen atoms in total. The molecule has 1 saturated heterocycles. The molecule has 0 aromatic heterocycles. The van der Waals surface area contributed by atoms with Gasteiger partial charge in [-0.25, -0.2) is 0 Å². The maximum absolute atomic E-state index is 12.1. The summed E-state index contributed by atoms with van der Waals surface area (Å²) in [5.41, 5.74) is 6.86. The third-order valence-corrected chi connectivity index (χ3v) is 3.85. The minimum Gasteiger partial charge on any atom is -0.398 e. The quantitative estimate of drug-likeness (QED) is 0.820. The van der Waals surface area contributed by atoms with Crippen LogP contribution in [0.1, 0.15) is 23.7 Å². The Labute approximate surface area is 109 Å². The van der Waals surface area contributed by atoms with Gasteiger partial charge in [-0.05, 0) is 41.4 Å². The molecular weight excluding hydrogens is 284 g/mol. The fraction of sp³-hybridized carbons (Fsp3) is 0.417. The first-order valence-electron chi connectivity index (χ1n) is 5.56. The predicted octanol–water partition coefficient (Wildman–Crippen LogP) is 1.94. The van der Waals surface area contributed by atoms with Gasteiger partial charge in [0, 0.05) is 12.3 Å². The number of nitrogens with two attached hydrogens (primary N) is 1. The first-order chi connectivity index (χ1) is 8.09. The summed E-state index contributed by atoms with van der Waals surface area (Å²) in [6, 6.07) is 5.35. The summed E-state index contributed by atoms with van der Waals surface area (Å²) in [5, 5.41) is 2.96. The lowest BCUT2D eigenvalue weighted by Crippen LogP contribution is -2.39. The third-order valence-electron chi connectivity index (χ3n) is 2.97. The zero-order valence-electron chi connectivity index (χ0n) is 9.57.